The molecule has 1 atom stereocenters. The molecule has 11 heavy (non-hydrogen) atoms. The fraction of sp³-hybridized carbons (Fsp3) is 0.444. The molecule has 1 saturated heterocycles. The lowest BCUT2D eigenvalue weighted by atomic mass is 9.92. The molecule has 1 fully saturated rings. The maximum Gasteiger partial charge on any atom is 0.146 e. The lowest BCUT2D eigenvalue weighted by molar-refractivity contribution is -0.105. The highest BCUT2D eigenvalue weighted by atomic mass is 16.1. The van der Waals surface area contributed by atoms with Crippen LogP contribution in [0.2, 0.25) is 0 Å². The van der Waals surface area contributed by atoms with Gasteiger partial charge in [0.15, 0.2) is 0 Å². The van der Waals surface area contributed by atoms with Crippen molar-refractivity contribution in [2.24, 2.45) is 5.92 Å². The lowest BCUT2D eigenvalue weighted by Crippen LogP contribution is -2.10. The Hall–Kier alpha value is -1.05. The molecule has 1 aliphatic carbocycles. The van der Waals surface area contributed by atoms with Gasteiger partial charge in [0.1, 0.15) is 6.29 Å². The Labute approximate surface area is 66.0 Å². The molecule has 0 bridgehead atoms. The van der Waals surface area contributed by atoms with Gasteiger partial charge >= 0.3 is 0 Å². The summed E-state index contributed by atoms with van der Waals surface area (Å²) in [5, 5.41) is 3.30. The first kappa shape index (κ1) is 6.65. The Bertz CT molecular complexity index is 240. The number of aldehydes is 1. The number of nitrogens with one attached hydrogen (secondary N) is 1. The molecular weight excluding hydrogens is 138 g/mol. The minimum absolute atomic E-state index is 0.597. The van der Waals surface area contributed by atoms with Crippen LogP contribution in [0.5, 0.6) is 0 Å². The van der Waals surface area contributed by atoms with E-state index in [1.807, 2.05) is 12.2 Å². The van der Waals surface area contributed by atoms with Crippen LogP contribution in [0.4, 0.5) is 0 Å². The predicted molar refractivity (Wildman–Crippen MR) is 43.0 cm³/mol. The molecule has 0 aromatic carbocycles. The van der Waals surface area contributed by atoms with Gasteiger partial charge in [0.05, 0.1) is 0 Å². The third kappa shape index (κ3) is 1.09. The molecule has 2 aliphatic rings. The average Bonchev–Trinajstić information content (AvgIpc) is 2.50. The summed E-state index contributed by atoms with van der Waals surface area (Å²) in [5.41, 5.74) is 2.25. The zero-order valence-electron chi connectivity index (χ0n) is 6.34. The minimum Gasteiger partial charge on any atom is -0.388 e. The largest absolute Gasteiger partial charge is 0.388 e. The third-order valence-corrected chi connectivity index (χ3v) is 2.37. The second-order valence-corrected chi connectivity index (χ2v) is 3.10. The minimum atomic E-state index is 0.597. The standard InChI is InChI=1S/C9H11NO/c11-6-7-1-2-9-8(5-7)3-4-10-9/h1-2,6,8,10H,3-5H2. The van der Waals surface area contributed by atoms with Crippen molar-refractivity contribution in [3.05, 3.63) is 23.4 Å². The van der Waals surface area contributed by atoms with Gasteiger partial charge in [0.25, 0.3) is 0 Å². The van der Waals surface area contributed by atoms with E-state index in [0.29, 0.717) is 5.92 Å². The van der Waals surface area contributed by atoms with Gasteiger partial charge in [-0.2, -0.15) is 0 Å². The first-order valence-corrected chi connectivity index (χ1v) is 4.00. The summed E-state index contributed by atoms with van der Waals surface area (Å²) in [7, 11) is 0. The number of hydrogen-bond acceptors (Lipinski definition) is 2. The van der Waals surface area contributed by atoms with Crippen molar-refractivity contribution in [3.63, 3.8) is 0 Å². The van der Waals surface area contributed by atoms with Gasteiger partial charge in [-0.05, 0) is 24.5 Å². The number of hydrogen-bond donors (Lipinski definition) is 1. The molecule has 58 valence electrons. The second kappa shape index (κ2) is 2.53. The first-order valence-electron chi connectivity index (χ1n) is 4.00. The van der Waals surface area contributed by atoms with Crippen molar-refractivity contribution < 1.29 is 4.79 Å². The van der Waals surface area contributed by atoms with Crippen LogP contribution in [0.15, 0.2) is 23.4 Å². The van der Waals surface area contributed by atoms with Gasteiger partial charge in [-0.15, -0.1) is 0 Å². The van der Waals surface area contributed by atoms with Crippen molar-refractivity contribution >= 4 is 6.29 Å². The number of carbonyl (C=O) groups is 1. The van der Waals surface area contributed by atoms with Crippen molar-refractivity contribution in [2.45, 2.75) is 12.8 Å². The molecular formula is C9H11NO. The van der Waals surface area contributed by atoms with E-state index < -0.39 is 0 Å². The molecule has 1 heterocycles. The van der Waals surface area contributed by atoms with E-state index in [9.17, 15) is 4.79 Å². The highest BCUT2D eigenvalue weighted by Gasteiger charge is 2.23. The fourth-order valence-electron chi connectivity index (χ4n) is 1.73. The zero-order chi connectivity index (χ0) is 7.68. The summed E-state index contributed by atoms with van der Waals surface area (Å²) in [4.78, 5) is 10.4. The summed E-state index contributed by atoms with van der Waals surface area (Å²) in [5.74, 6) is 0.597. The molecule has 2 nitrogen and oxygen atoms in total. The summed E-state index contributed by atoms with van der Waals surface area (Å²) >= 11 is 0. The molecule has 1 N–H and O–H groups in total. The molecule has 0 amide bonds. The van der Waals surface area contributed by atoms with Crippen LogP contribution in [-0.4, -0.2) is 12.8 Å². The molecule has 0 aromatic heterocycles. The van der Waals surface area contributed by atoms with Crippen LogP contribution in [0, 0.1) is 5.92 Å². The van der Waals surface area contributed by atoms with Crippen LogP contribution in [0.25, 0.3) is 0 Å². The normalized spacial score (nSPS) is 28.2. The molecule has 0 radical (unpaired) electrons. The molecule has 0 spiro atoms. The molecule has 2 rings (SSSR count). The smallest absolute Gasteiger partial charge is 0.146 e. The Balaban J connectivity index is 2.21. The Morgan fingerprint density at radius 2 is 2.45 bits per heavy atom. The molecule has 0 aromatic rings. The van der Waals surface area contributed by atoms with Gasteiger partial charge in [0.2, 0.25) is 0 Å². The Kier molecular flexibility index (Phi) is 1.53. The van der Waals surface area contributed by atoms with Gasteiger partial charge < -0.3 is 5.32 Å². The van der Waals surface area contributed by atoms with Crippen LogP contribution < -0.4 is 5.32 Å². The van der Waals surface area contributed by atoms with E-state index in [1.54, 1.807) is 0 Å². The van der Waals surface area contributed by atoms with E-state index in [-0.39, 0.29) is 0 Å². The van der Waals surface area contributed by atoms with E-state index >= 15 is 0 Å². The van der Waals surface area contributed by atoms with Crippen LogP contribution >= 0.6 is 0 Å². The molecule has 2 heteroatoms. The molecule has 0 saturated carbocycles. The number of rotatable bonds is 1. The monoisotopic (exact) mass is 149 g/mol. The summed E-state index contributed by atoms with van der Waals surface area (Å²) in [6.45, 7) is 1.07. The van der Waals surface area contributed by atoms with Crippen LogP contribution in [0.1, 0.15) is 12.8 Å². The highest BCUT2D eigenvalue weighted by Crippen LogP contribution is 2.28. The van der Waals surface area contributed by atoms with Crippen molar-refractivity contribution in [2.75, 3.05) is 6.54 Å². The zero-order valence-corrected chi connectivity index (χ0v) is 6.34. The quantitative estimate of drug-likeness (QED) is 0.564. The Morgan fingerprint density at radius 1 is 1.55 bits per heavy atom. The van der Waals surface area contributed by atoms with Crippen LogP contribution in [0.3, 0.4) is 0 Å². The summed E-state index contributed by atoms with van der Waals surface area (Å²) in [6.07, 6.45) is 7.02. The maximum absolute atomic E-state index is 10.4. The van der Waals surface area contributed by atoms with Gasteiger partial charge in [-0.1, -0.05) is 6.08 Å². The summed E-state index contributed by atoms with van der Waals surface area (Å²) in [6, 6.07) is 0. The number of carbonyl (C=O) groups excluding carboxylic acids is 1. The van der Waals surface area contributed by atoms with E-state index in [1.165, 1.54) is 12.1 Å². The van der Waals surface area contributed by atoms with E-state index in [2.05, 4.69) is 5.32 Å². The van der Waals surface area contributed by atoms with Gasteiger partial charge in [0, 0.05) is 18.2 Å². The third-order valence-electron chi connectivity index (χ3n) is 2.37. The number of allylic oxidation sites excluding steroid dienone is 4. The average molecular weight is 149 g/mol. The van der Waals surface area contributed by atoms with Gasteiger partial charge in [-0.3, -0.25) is 4.79 Å². The van der Waals surface area contributed by atoms with Crippen molar-refractivity contribution in [1.29, 1.82) is 0 Å². The van der Waals surface area contributed by atoms with Crippen LogP contribution in [-0.2, 0) is 4.79 Å². The van der Waals surface area contributed by atoms with E-state index in [0.717, 1.165) is 24.8 Å². The summed E-state index contributed by atoms with van der Waals surface area (Å²) < 4.78 is 0. The van der Waals surface area contributed by atoms with Gasteiger partial charge in [-0.25, -0.2) is 0 Å². The Morgan fingerprint density at radius 3 is 3.27 bits per heavy atom. The topological polar surface area (TPSA) is 29.1 Å². The maximum atomic E-state index is 10.4. The first-order chi connectivity index (χ1) is 5.40. The lowest BCUT2D eigenvalue weighted by Gasteiger charge is -2.14. The second-order valence-electron chi connectivity index (χ2n) is 3.10. The fourth-order valence-corrected chi connectivity index (χ4v) is 1.73. The predicted octanol–water partition coefficient (Wildman–Crippen LogP) is 1.01. The molecule has 1 aliphatic heterocycles. The number of fused-ring (bicyclic) bond motifs is 1. The SMILES string of the molecule is O=CC1=CC=C2NCCC2C1. The molecule has 1 unspecified atom stereocenters. The van der Waals surface area contributed by atoms with Crippen molar-refractivity contribution in [3.8, 4) is 0 Å². The van der Waals surface area contributed by atoms with Crippen molar-refractivity contribution in [1.82, 2.24) is 5.32 Å². The van der Waals surface area contributed by atoms with E-state index in [4.69, 9.17) is 0 Å². The highest BCUT2D eigenvalue weighted by molar-refractivity contribution is 5.74.